The van der Waals surface area contributed by atoms with Crippen LogP contribution in [0.4, 0.5) is 0 Å². The Labute approximate surface area is 110 Å². The standard InChI is InChI=1S/C11H16N4O2S/c1-7(16)10-8(12-15(4)13-10)6-18-9-5-11(2,3)17-14-9/h5,14H,6H2,1-4H3. The van der Waals surface area contributed by atoms with Gasteiger partial charge in [0.2, 0.25) is 0 Å². The molecule has 0 spiro atoms. The maximum Gasteiger partial charge on any atom is 0.181 e. The number of carbonyl (C=O) groups excluding carboxylic acids is 1. The lowest BCUT2D eigenvalue weighted by atomic mass is 10.1. The van der Waals surface area contributed by atoms with Crippen molar-refractivity contribution >= 4 is 17.5 Å². The van der Waals surface area contributed by atoms with Gasteiger partial charge in [-0.15, -0.1) is 11.8 Å². The zero-order valence-corrected chi connectivity index (χ0v) is 11.7. The molecule has 1 aromatic heterocycles. The summed E-state index contributed by atoms with van der Waals surface area (Å²) in [6.45, 7) is 5.44. The lowest BCUT2D eigenvalue weighted by Gasteiger charge is -2.11. The van der Waals surface area contributed by atoms with E-state index in [1.807, 2.05) is 19.9 Å². The zero-order chi connectivity index (χ0) is 13.3. The Hall–Kier alpha value is -1.34. The van der Waals surface area contributed by atoms with Crippen molar-refractivity contribution in [1.82, 2.24) is 20.5 Å². The third-order valence-corrected chi connectivity index (χ3v) is 3.30. The predicted molar refractivity (Wildman–Crippen MR) is 68.7 cm³/mol. The Morgan fingerprint density at radius 2 is 2.28 bits per heavy atom. The molecule has 7 heteroatoms. The summed E-state index contributed by atoms with van der Waals surface area (Å²) in [7, 11) is 1.71. The molecule has 6 nitrogen and oxygen atoms in total. The van der Waals surface area contributed by atoms with Crippen molar-refractivity contribution in [2.45, 2.75) is 32.1 Å². The number of aromatic nitrogens is 3. The molecule has 18 heavy (non-hydrogen) atoms. The summed E-state index contributed by atoms with van der Waals surface area (Å²) >= 11 is 1.54. The van der Waals surface area contributed by atoms with Gasteiger partial charge in [-0.05, 0) is 19.9 Å². The summed E-state index contributed by atoms with van der Waals surface area (Å²) in [5.74, 6) is 0.518. The van der Waals surface area contributed by atoms with Crippen LogP contribution in [0.5, 0.6) is 0 Å². The first-order valence-corrected chi connectivity index (χ1v) is 6.57. The smallest absolute Gasteiger partial charge is 0.181 e. The summed E-state index contributed by atoms with van der Waals surface area (Å²) < 4.78 is 0. The van der Waals surface area contributed by atoms with E-state index in [0.717, 1.165) is 5.03 Å². The van der Waals surface area contributed by atoms with Gasteiger partial charge in [-0.3, -0.25) is 15.1 Å². The van der Waals surface area contributed by atoms with Gasteiger partial charge in [0, 0.05) is 19.7 Å². The van der Waals surface area contributed by atoms with Gasteiger partial charge in [0.15, 0.2) is 11.5 Å². The lowest BCUT2D eigenvalue weighted by molar-refractivity contribution is -0.0126. The van der Waals surface area contributed by atoms with Gasteiger partial charge in [-0.25, -0.2) is 0 Å². The number of rotatable bonds is 4. The van der Waals surface area contributed by atoms with Crippen molar-refractivity contribution in [1.29, 1.82) is 0 Å². The zero-order valence-electron chi connectivity index (χ0n) is 10.9. The number of hydrogen-bond donors (Lipinski definition) is 1. The van der Waals surface area contributed by atoms with Gasteiger partial charge in [-0.1, -0.05) is 0 Å². The highest BCUT2D eigenvalue weighted by atomic mass is 32.2. The second-order valence-corrected chi connectivity index (χ2v) is 5.66. The number of thioether (sulfide) groups is 1. The van der Waals surface area contributed by atoms with Crippen molar-refractivity contribution < 1.29 is 9.63 Å². The highest BCUT2D eigenvalue weighted by Gasteiger charge is 2.24. The number of carbonyl (C=O) groups is 1. The average molecular weight is 268 g/mol. The van der Waals surface area contributed by atoms with Crippen molar-refractivity contribution in [3.8, 4) is 0 Å². The fourth-order valence-electron chi connectivity index (χ4n) is 1.59. The van der Waals surface area contributed by atoms with Crippen LogP contribution in [0.3, 0.4) is 0 Å². The number of nitrogens with zero attached hydrogens (tertiary/aromatic N) is 3. The van der Waals surface area contributed by atoms with E-state index in [0.29, 0.717) is 17.1 Å². The first-order valence-electron chi connectivity index (χ1n) is 5.58. The van der Waals surface area contributed by atoms with E-state index >= 15 is 0 Å². The van der Waals surface area contributed by atoms with Gasteiger partial charge < -0.3 is 0 Å². The fourth-order valence-corrected chi connectivity index (χ4v) is 2.55. The molecule has 2 rings (SSSR count). The quantitative estimate of drug-likeness (QED) is 0.833. The van der Waals surface area contributed by atoms with Crippen LogP contribution >= 0.6 is 11.8 Å². The largest absolute Gasteiger partial charge is 0.293 e. The van der Waals surface area contributed by atoms with E-state index in [9.17, 15) is 4.79 Å². The third-order valence-electron chi connectivity index (χ3n) is 2.37. The van der Waals surface area contributed by atoms with Crippen LogP contribution in [0, 0.1) is 0 Å². The van der Waals surface area contributed by atoms with Crippen molar-refractivity contribution in [2.75, 3.05) is 0 Å². The van der Waals surface area contributed by atoms with Gasteiger partial charge in [0.1, 0.15) is 11.3 Å². The van der Waals surface area contributed by atoms with Crippen LogP contribution in [-0.4, -0.2) is 26.4 Å². The molecule has 0 radical (unpaired) electrons. The molecule has 0 fully saturated rings. The molecule has 1 aromatic rings. The topological polar surface area (TPSA) is 69.0 Å². The molecule has 1 aliphatic heterocycles. The Morgan fingerprint density at radius 3 is 2.83 bits per heavy atom. The second kappa shape index (κ2) is 4.74. The van der Waals surface area contributed by atoms with Crippen LogP contribution in [0.2, 0.25) is 0 Å². The first kappa shape index (κ1) is 13.1. The molecule has 98 valence electrons. The lowest BCUT2D eigenvalue weighted by Crippen LogP contribution is -2.20. The summed E-state index contributed by atoms with van der Waals surface area (Å²) in [6, 6.07) is 0. The molecule has 0 aliphatic carbocycles. The molecule has 0 bridgehead atoms. The number of nitrogens with one attached hydrogen (secondary N) is 1. The van der Waals surface area contributed by atoms with Gasteiger partial charge in [0.05, 0.1) is 5.03 Å². The summed E-state index contributed by atoms with van der Waals surface area (Å²) in [4.78, 5) is 18.2. The Bertz CT molecular complexity index is 507. The van der Waals surface area contributed by atoms with E-state index in [4.69, 9.17) is 4.84 Å². The third kappa shape index (κ3) is 2.91. The molecule has 0 atom stereocenters. The number of ketones is 1. The monoisotopic (exact) mass is 268 g/mol. The molecule has 0 saturated heterocycles. The first-order chi connectivity index (χ1) is 8.37. The average Bonchev–Trinajstić information content (AvgIpc) is 2.78. The van der Waals surface area contributed by atoms with E-state index in [1.165, 1.54) is 11.7 Å². The van der Waals surface area contributed by atoms with Crippen LogP contribution in [0.1, 0.15) is 37.0 Å². The summed E-state index contributed by atoms with van der Waals surface area (Å²) in [5, 5.41) is 9.18. The molecule has 1 aliphatic rings. The van der Waals surface area contributed by atoms with Crippen LogP contribution < -0.4 is 5.48 Å². The fraction of sp³-hybridized carbons (Fsp3) is 0.545. The molecule has 1 N–H and O–H groups in total. The van der Waals surface area contributed by atoms with E-state index in [-0.39, 0.29) is 11.4 Å². The Kier molecular flexibility index (Phi) is 3.45. The summed E-state index contributed by atoms with van der Waals surface area (Å²) in [6.07, 6.45) is 2.00. The highest BCUT2D eigenvalue weighted by molar-refractivity contribution is 8.02. The van der Waals surface area contributed by atoms with Crippen molar-refractivity contribution in [3.63, 3.8) is 0 Å². The molecular formula is C11H16N4O2S. The van der Waals surface area contributed by atoms with E-state index in [2.05, 4.69) is 15.7 Å². The minimum atomic E-state index is -0.298. The molecule has 0 aromatic carbocycles. The van der Waals surface area contributed by atoms with E-state index < -0.39 is 0 Å². The normalized spacial score (nSPS) is 17.4. The van der Waals surface area contributed by atoms with E-state index in [1.54, 1.807) is 18.8 Å². The Balaban J connectivity index is 2.05. The number of hydrogen-bond acceptors (Lipinski definition) is 6. The second-order valence-electron chi connectivity index (χ2n) is 4.65. The predicted octanol–water partition coefficient (Wildman–Crippen LogP) is 1.41. The Morgan fingerprint density at radius 1 is 1.56 bits per heavy atom. The molecule has 0 unspecified atom stereocenters. The number of Topliss-reactive ketones (excluding diaryl/α,β-unsaturated/α-hetero) is 1. The van der Waals surface area contributed by atoms with Crippen LogP contribution in [0.15, 0.2) is 11.1 Å². The summed E-state index contributed by atoms with van der Waals surface area (Å²) in [5.41, 5.74) is 3.69. The minimum absolute atomic E-state index is 0.0661. The maximum atomic E-state index is 11.4. The highest BCUT2D eigenvalue weighted by Crippen LogP contribution is 2.28. The number of aryl methyl sites for hydroxylation is 1. The molecule has 2 heterocycles. The van der Waals surface area contributed by atoms with Gasteiger partial charge in [0.25, 0.3) is 0 Å². The van der Waals surface area contributed by atoms with Crippen LogP contribution in [0.25, 0.3) is 0 Å². The van der Waals surface area contributed by atoms with Gasteiger partial charge >= 0.3 is 0 Å². The molecular weight excluding hydrogens is 252 g/mol. The minimum Gasteiger partial charge on any atom is -0.293 e. The SMILES string of the molecule is CC(=O)c1nn(C)nc1CSC1=CC(C)(C)ON1. The maximum absolute atomic E-state index is 11.4. The van der Waals surface area contributed by atoms with Crippen molar-refractivity contribution in [3.05, 3.63) is 22.5 Å². The van der Waals surface area contributed by atoms with Crippen LogP contribution in [-0.2, 0) is 17.6 Å². The van der Waals surface area contributed by atoms with Crippen molar-refractivity contribution in [2.24, 2.45) is 7.05 Å². The molecule has 0 amide bonds. The molecule has 0 saturated carbocycles. The number of hydroxylamine groups is 1. The van der Waals surface area contributed by atoms with Gasteiger partial charge in [-0.2, -0.15) is 15.0 Å².